The van der Waals surface area contributed by atoms with E-state index in [9.17, 15) is 0 Å². The van der Waals surface area contributed by atoms with Gasteiger partial charge in [0.25, 0.3) is 0 Å². The lowest BCUT2D eigenvalue weighted by Crippen LogP contribution is -2.02. The van der Waals surface area contributed by atoms with E-state index in [-0.39, 0.29) is 0 Å². The first-order chi connectivity index (χ1) is 13.2. The summed E-state index contributed by atoms with van der Waals surface area (Å²) in [6.07, 6.45) is 0. The van der Waals surface area contributed by atoms with Crippen molar-refractivity contribution in [3.8, 4) is 11.5 Å². The summed E-state index contributed by atoms with van der Waals surface area (Å²) in [6.45, 7) is 2.70. The fourth-order valence-electron chi connectivity index (χ4n) is 2.34. The van der Waals surface area contributed by atoms with E-state index in [1.165, 1.54) is 10.5 Å². The van der Waals surface area contributed by atoms with Gasteiger partial charge in [0, 0.05) is 17.7 Å². The van der Waals surface area contributed by atoms with E-state index in [4.69, 9.17) is 9.47 Å². The van der Waals surface area contributed by atoms with Crippen molar-refractivity contribution >= 4 is 23.5 Å². The van der Waals surface area contributed by atoms with E-state index >= 15 is 0 Å². The van der Waals surface area contributed by atoms with Gasteiger partial charge in [-0.1, -0.05) is 29.5 Å². The van der Waals surface area contributed by atoms with Crippen LogP contribution in [0.25, 0.3) is 0 Å². The van der Waals surface area contributed by atoms with Crippen LogP contribution >= 0.6 is 23.5 Å². The number of nitrogens with zero attached hydrogens (tertiary/aromatic N) is 3. The van der Waals surface area contributed by atoms with Crippen LogP contribution in [0.2, 0.25) is 0 Å². The Morgan fingerprint density at radius 1 is 0.926 bits per heavy atom. The van der Waals surface area contributed by atoms with Crippen molar-refractivity contribution < 1.29 is 9.47 Å². The predicted octanol–water partition coefficient (Wildman–Crippen LogP) is 4.60. The van der Waals surface area contributed by atoms with Crippen molar-refractivity contribution in [2.45, 2.75) is 22.7 Å². The molecule has 5 nitrogen and oxygen atoms in total. The lowest BCUT2D eigenvalue weighted by atomic mass is 10.2. The number of methoxy groups -OCH3 is 1. The number of aryl methyl sites for hydroxylation is 1. The molecule has 3 rings (SSSR count). The number of thioether (sulfide) groups is 2. The highest BCUT2D eigenvalue weighted by atomic mass is 32.2. The van der Waals surface area contributed by atoms with Crippen LogP contribution in [0.3, 0.4) is 0 Å². The van der Waals surface area contributed by atoms with Gasteiger partial charge in [-0.15, -0.1) is 22.0 Å². The van der Waals surface area contributed by atoms with Gasteiger partial charge in [0.1, 0.15) is 17.3 Å². The van der Waals surface area contributed by atoms with Crippen molar-refractivity contribution in [2.75, 3.05) is 19.5 Å². The summed E-state index contributed by atoms with van der Waals surface area (Å²) in [5, 5.41) is 9.53. The molecule has 142 valence electrons. The van der Waals surface area contributed by atoms with E-state index in [0.717, 1.165) is 34.0 Å². The highest BCUT2D eigenvalue weighted by molar-refractivity contribution is 7.99. The topological polar surface area (TPSA) is 49.2 Å². The third-order valence-electron chi connectivity index (χ3n) is 3.96. The minimum absolute atomic E-state index is 0.608. The fraction of sp³-hybridized carbons (Fsp3) is 0.300. The van der Waals surface area contributed by atoms with Crippen LogP contribution < -0.4 is 9.47 Å². The van der Waals surface area contributed by atoms with Gasteiger partial charge < -0.3 is 14.0 Å². The number of hydrogen-bond donors (Lipinski definition) is 0. The van der Waals surface area contributed by atoms with Gasteiger partial charge in [-0.25, -0.2) is 0 Å². The monoisotopic (exact) mass is 401 g/mol. The molecule has 3 aromatic rings. The average molecular weight is 402 g/mol. The smallest absolute Gasteiger partial charge is 0.191 e. The summed E-state index contributed by atoms with van der Waals surface area (Å²) < 4.78 is 12.9. The van der Waals surface area contributed by atoms with Crippen molar-refractivity contribution in [3.63, 3.8) is 0 Å². The molecule has 0 aliphatic carbocycles. The van der Waals surface area contributed by atoms with Gasteiger partial charge in [0.2, 0.25) is 0 Å². The van der Waals surface area contributed by atoms with Crippen molar-refractivity contribution in [1.29, 1.82) is 0 Å². The zero-order valence-corrected chi connectivity index (χ0v) is 17.3. The highest BCUT2D eigenvalue weighted by Crippen LogP contribution is 2.24. The third kappa shape index (κ3) is 5.68. The lowest BCUT2D eigenvalue weighted by Gasteiger charge is -2.07. The first kappa shape index (κ1) is 19.6. The molecule has 0 aliphatic heterocycles. The number of ether oxygens (including phenoxy) is 2. The third-order valence-corrected chi connectivity index (χ3v) is 5.95. The van der Waals surface area contributed by atoms with Crippen LogP contribution in [0.4, 0.5) is 0 Å². The summed E-state index contributed by atoms with van der Waals surface area (Å²) >= 11 is 3.42. The number of benzene rings is 2. The van der Waals surface area contributed by atoms with Gasteiger partial charge in [0.05, 0.1) is 19.5 Å². The maximum absolute atomic E-state index is 5.75. The Hall–Kier alpha value is -2.12. The Labute approximate surface area is 168 Å². The second-order valence-electron chi connectivity index (χ2n) is 5.93. The maximum atomic E-state index is 5.75. The van der Waals surface area contributed by atoms with Crippen molar-refractivity contribution in [2.24, 2.45) is 7.05 Å². The molecule has 0 radical (unpaired) electrons. The van der Waals surface area contributed by atoms with Crippen LogP contribution in [0.5, 0.6) is 11.5 Å². The fourth-order valence-corrected chi connectivity index (χ4v) is 3.97. The normalized spacial score (nSPS) is 10.8. The molecule has 0 saturated heterocycles. The number of hydrogen-bond acceptors (Lipinski definition) is 6. The number of rotatable bonds is 9. The largest absolute Gasteiger partial charge is 0.497 e. The summed E-state index contributed by atoms with van der Waals surface area (Å²) in [5.41, 5.74) is 1.27. The molecule has 0 aliphatic rings. The first-order valence-electron chi connectivity index (χ1n) is 8.63. The van der Waals surface area contributed by atoms with Crippen LogP contribution in [0.1, 0.15) is 11.4 Å². The summed E-state index contributed by atoms with van der Waals surface area (Å²) in [5.74, 6) is 4.24. The van der Waals surface area contributed by atoms with E-state index < -0.39 is 0 Å². The SMILES string of the molecule is COc1ccc(OCCSc2nnc(CSc3ccc(C)cc3)n2C)cc1. The van der Waals surface area contributed by atoms with Crippen LogP contribution in [-0.2, 0) is 12.8 Å². The highest BCUT2D eigenvalue weighted by Gasteiger charge is 2.09. The average Bonchev–Trinajstić information content (AvgIpc) is 3.05. The summed E-state index contributed by atoms with van der Waals surface area (Å²) in [6, 6.07) is 16.1. The quantitative estimate of drug-likeness (QED) is 0.386. The zero-order valence-electron chi connectivity index (χ0n) is 15.7. The maximum Gasteiger partial charge on any atom is 0.191 e. The molecule has 1 aromatic heterocycles. The first-order valence-corrected chi connectivity index (χ1v) is 10.6. The standard InChI is InChI=1S/C20H23N3O2S2/c1-15-4-10-18(11-5-15)27-14-19-21-22-20(23(19)2)26-13-12-25-17-8-6-16(24-3)7-9-17/h4-11H,12-14H2,1-3H3. The van der Waals surface area contributed by atoms with E-state index in [2.05, 4.69) is 46.0 Å². The second-order valence-corrected chi connectivity index (χ2v) is 8.04. The molecular weight excluding hydrogens is 378 g/mol. The molecule has 0 spiro atoms. The molecule has 1 heterocycles. The van der Waals surface area contributed by atoms with Gasteiger partial charge in [0.15, 0.2) is 5.16 Å². The Morgan fingerprint density at radius 3 is 2.33 bits per heavy atom. The number of aromatic nitrogens is 3. The molecule has 0 amide bonds. The Bertz CT molecular complexity index is 849. The minimum atomic E-state index is 0.608. The molecule has 0 unspecified atom stereocenters. The van der Waals surface area contributed by atoms with Gasteiger partial charge in [-0.2, -0.15) is 0 Å². The van der Waals surface area contributed by atoms with Crippen LogP contribution in [-0.4, -0.2) is 34.2 Å². The lowest BCUT2D eigenvalue weighted by molar-refractivity contribution is 0.342. The molecule has 0 bridgehead atoms. The minimum Gasteiger partial charge on any atom is -0.497 e. The van der Waals surface area contributed by atoms with Crippen LogP contribution in [0, 0.1) is 6.92 Å². The van der Waals surface area contributed by atoms with Gasteiger partial charge in [-0.05, 0) is 43.3 Å². The molecule has 27 heavy (non-hydrogen) atoms. The van der Waals surface area contributed by atoms with E-state index in [1.54, 1.807) is 30.6 Å². The molecule has 0 fully saturated rings. The van der Waals surface area contributed by atoms with Gasteiger partial charge in [-0.3, -0.25) is 0 Å². The van der Waals surface area contributed by atoms with Crippen molar-refractivity contribution in [3.05, 3.63) is 59.9 Å². The van der Waals surface area contributed by atoms with Gasteiger partial charge >= 0.3 is 0 Å². The van der Waals surface area contributed by atoms with Crippen LogP contribution in [0.15, 0.2) is 58.6 Å². The molecule has 7 heteroatoms. The molecule has 0 atom stereocenters. The Balaban J connectivity index is 1.44. The second kappa shape index (κ2) is 9.71. The molecule has 0 N–H and O–H groups in total. The van der Waals surface area contributed by atoms with E-state index in [1.807, 2.05) is 31.3 Å². The molecule has 0 saturated carbocycles. The zero-order chi connectivity index (χ0) is 19.1. The Morgan fingerprint density at radius 2 is 1.63 bits per heavy atom. The predicted molar refractivity (Wildman–Crippen MR) is 111 cm³/mol. The molecular formula is C20H23N3O2S2. The Kier molecular flexibility index (Phi) is 7.06. The van der Waals surface area contributed by atoms with E-state index in [0.29, 0.717) is 6.61 Å². The summed E-state index contributed by atoms with van der Waals surface area (Å²) in [7, 11) is 3.67. The van der Waals surface area contributed by atoms with Crippen molar-refractivity contribution in [1.82, 2.24) is 14.8 Å². The summed E-state index contributed by atoms with van der Waals surface area (Å²) in [4.78, 5) is 1.24. The molecule has 2 aromatic carbocycles.